The molecule has 0 fully saturated rings. The second kappa shape index (κ2) is 8.77. The summed E-state index contributed by atoms with van der Waals surface area (Å²) in [4.78, 5) is 36.8. The van der Waals surface area contributed by atoms with Crippen LogP contribution in [-0.4, -0.2) is 33.8 Å². The van der Waals surface area contributed by atoms with Gasteiger partial charge in [-0.3, -0.25) is 14.9 Å². The average molecular weight is 390 g/mol. The van der Waals surface area contributed by atoms with Crippen molar-refractivity contribution in [2.24, 2.45) is 0 Å². The summed E-state index contributed by atoms with van der Waals surface area (Å²) in [6.45, 7) is 5.89. The Kier molecular flexibility index (Phi) is 6.68. The quantitative estimate of drug-likeness (QED) is 0.386. The molecule has 0 aliphatic rings. The Hall–Kier alpha value is -2.74. The van der Waals surface area contributed by atoms with Gasteiger partial charge >= 0.3 is 11.0 Å². The lowest BCUT2D eigenvalue weighted by Crippen LogP contribution is -2.48. The third-order valence-corrected chi connectivity index (χ3v) is 5.40. The molecule has 0 atom stereocenters. The summed E-state index contributed by atoms with van der Waals surface area (Å²) in [6.07, 6.45) is 0.733. The maximum absolute atomic E-state index is 12.7. The van der Waals surface area contributed by atoms with Crippen LogP contribution in [0, 0.1) is 10.1 Å². The fraction of sp³-hybridized carbons (Fsp3) is 0.368. The minimum Gasteiger partial charge on any atom is -0.451 e. The van der Waals surface area contributed by atoms with E-state index in [9.17, 15) is 19.7 Å². The Morgan fingerprint density at radius 1 is 1.19 bits per heavy atom. The number of carbonyl (C=O) groups excluding carboxylic acids is 2. The molecule has 0 radical (unpaired) electrons. The molecule has 27 heavy (non-hydrogen) atoms. The van der Waals surface area contributed by atoms with Crippen molar-refractivity contribution in [1.82, 2.24) is 4.90 Å². The second-order valence-corrected chi connectivity index (χ2v) is 7.66. The molecule has 2 aromatic rings. The first-order valence-corrected chi connectivity index (χ1v) is 9.32. The zero-order valence-corrected chi connectivity index (χ0v) is 16.3. The van der Waals surface area contributed by atoms with Crippen molar-refractivity contribution in [1.29, 1.82) is 0 Å². The fourth-order valence-corrected chi connectivity index (χ4v) is 3.12. The highest BCUT2D eigenvalue weighted by atomic mass is 32.1. The van der Waals surface area contributed by atoms with E-state index in [2.05, 4.69) is 0 Å². The van der Waals surface area contributed by atoms with E-state index < -0.39 is 23.0 Å². The summed E-state index contributed by atoms with van der Waals surface area (Å²) < 4.78 is 5.10. The summed E-state index contributed by atoms with van der Waals surface area (Å²) in [5.41, 5.74) is 0.564. The predicted octanol–water partition coefficient (Wildman–Crippen LogP) is 4.03. The molecule has 144 valence electrons. The molecular formula is C19H22N2O5S. The molecule has 1 amide bonds. The highest BCUT2D eigenvalue weighted by molar-refractivity contribution is 7.17. The van der Waals surface area contributed by atoms with Gasteiger partial charge in [0.1, 0.15) is 4.88 Å². The third kappa shape index (κ3) is 5.37. The van der Waals surface area contributed by atoms with Crippen molar-refractivity contribution >= 4 is 28.2 Å². The molecular weight excluding hydrogens is 368 g/mol. The molecule has 0 saturated heterocycles. The molecule has 0 unspecified atom stereocenters. The fourth-order valence-electron chi connectivity index (χ4n) is 2.41. The third-order valence-electron chi connectivity index (χ3n) is 4.38. The maximum Gasteiger partial charge on any atom is 0.349 e. The van der Waals surface area contributed by atoms with Gasteiger partial charge in [0.2, 0.25) is 0 Å². The molecule has 7 nitrogen and oxygen atoms in total. The first-order valence-electron chi connectivity index (χ1n) is 8.50. The summed E-state index contributed by atoms with van der Waals surface area (Å²) >= 11 is 0.723. The smallest absolute Gasteiger partial charge is 0.349 e. The van der Waals surface area contributed by atoms with Crippen molar-refractivity contribution in [2.75, 3.05) is 6.61 Å². The Labute approximate surface area is 161 Å². The largest absolute Gasteiger partial charge is 0.451 e. The van der Waals surface area contributed by atoms with Gasteiger partial charge in [0.15, 0.2) is 6.61 Å². The summed E-state index contributed by atoms with van der Waals surface area (Å²) in [7, 11) is 0. The molecule has 0 saturated carbocycles. The van der Waals surface area contributed by atoms with Gasteiger partial charge in [0, 0.05) is 18.2 Å². The number of thiophene rings is 1. The second-order valence-electron chi connectivity index (χ2n) is 6.60. The van der Waals surface area contributed by atoms with E-state index in [4.69, 9.17) is 4.74 Å². The summed E-state index contributed by atoms with van der Waals surface area (Å²) in [6, 6.07) is 12.1. The highest BCUT2D eigenvalue weighted by Crippen LogP contribution is 2.25. The summed E-state index contributed by atoms with van der Waals surface area (Å²) in [5.74, 6) is -1.06. The lowest BCUT2D eigenvalue weighted by atomic mass is 9.98. The molecule has 0 N–H and O–H groups in total. The van der Waals surface area contributed by atoms with Crippen LogP contribution in [0.4, 0.5) is 5.00 Å². The topological polar surface area (TPSA) is 89.8 Å². The lowest BCUT2D eigenvalue weighted by Gasteiger charge is -2.38. The van der Waals surface area contributed by atoms with Crippen LogP contribution in [0.15, 0.2) is 42.5 Å². The van der Waals surface area contributed by atoms with Crippen LogP contribution in [0.2, 0.25) is 0 Å². The van der Waals surface area contributed by atoms with Crippen LogP contribution < -0.4 is 0 Å². The van der Waals surface area contributed by atoms with Gasteiger partial charge in [-0.05, 0) is 31.9 Å². The van der Waals surface area contributed by atoms with E-state index in [1.807, 2.05) is 51.1 Å². The van der Waals surface area contributed by atoms with E-state index in [0.29, 0.717) is 6.54 Å². The minimum absolute atomic E-state index is 0.0962. The minimum atomic E-state index is -0.740. The Morgan fingerprint density at radius 2 is 1.85 bits per heavy atom. The molecule has 2 rings (SSSR count). The number of carbonyl (C=O) groups is 2. The molecule has 1 heterocycles. The van der Waals surface area contributed by atoms with Crippen molar-refractivity contribution in [3.8, 4) is 0 Å². The Bertz CT molecular complexity index is 817. The van der Waals surface area contributed by atoms with E-state index in [1.165, 1.54) is 12.1 Å². The maximum atomic E-state index is 12.7. The van der Waals surface area contributed by atoms with Crippen LogP contribution in [0.1, 0.15) is 42.4 Å². The van der Waals surface area contributed by atoms with E-state index in [1.54, 1.807) is 4.90 Å². The Balaban J connectivity index is 2.06. The Morgan fingerprint density at radius 3 is 2.41 bits per heavy atom. The van der Waals surface area contributed by atoms with Gasteiger partial charge in [-0.25, -0.2) is 4.79 Å². The number of rotatable bonds is 8. The molecule has 0 bridgehead atoms. The number of nitro groups is 1. The van der Waals surface area contributed by atoms with Crippen LogP contribution in [0.5, 0.6) is 0 Å². The number of hydrogen-bond donors (Lipinski definition) is 0. The zero-order valence-electron chi connectivity index (χ0n) is 15.5. The number of nitrogens with zero attached hydrogens (tertiary/aromatic N) is 2. The predicted molar refractivity (Wildman–Crippen MR) is 103 cm³/mol. The van der Waals surface area contributed by atoms with E-state index in [0.717, 1.165) is 23.3 Å². The van der Waals surface area contributed by atoms with Crippen LogP contribution in [-0.2, 0) is 16.1 Å². The normalized spacial score (nSPS) is 11.1. The van der Waals surface area contributed by atoms with E-state index in [-0.39, 0.29) is 15.8 Å². The van der Waals surface area contributed by atoms with Gasteiger partial charge in [0.25, 0.3) is 5.91 Å². The zero-order chi connectivity index (χ0) is 20.0. The van der Waals surface area contributed by atoms with Crippen molar-refractivity contribution in [3.63, 3.8) is 0 Å². The van der Waals surface area contributed by atoms with Crippen molar-refractivity contribution < 1.29 is 19.2 Å². The van der Waals surface area contributed by atoms with Crippen molar-refractivity contribution in [2.45, 2.75) is 39.3 Å². The molecule has 0 aliphatic heterocycles. The van der Waals surface area contributed by atoms with Crippen LogP contribution in [0.3, 0.4) is 0 Å². The average Bonchev–Trinajstić information content (AvgIpc) is 3.15. The van der Waals surface area contributed by atoms with Gasteiger partial charge in [-0.15, -0.1) is 0 Å². The SMILES string of the molecule is CCC(C)(C)N(Cc1ccccc1)C(=O)COC(=O)c1ccc([N+](=O)[O-])s1. The molecule has 0 aliphatic carbocycles. The van der Waals surface area contributed by atoms with E-state index >= 15 is 0 Å². The highest BCUT2D eigenvalue weighted by Gasteiger charge is 2.30. The first kappa shape index (κ1) is 20.6. The molecule has 1 aromatic carbocycles. The van der Waals surface area contributed by atoms with Gasteiger partial charge in [0.05, 0.1) is 4.92 Å². The first-order chi connectivity index (χ1) is 12.7. The number of benzene rings is 1. The van der Waals surface area contributed by atoms with Gasteiger partial charge in [-0.1, -0.05) is 48.6 Å². The molecule has 0 spiro atoms. The lowest BCUT2D eigenvalue weighted by molar-refractivity contribution is -0.380. The standard InChI is InChI=1S/C19H22N2O5S/c1-4-19(2,3)20(12-14-8-6-5-7-9-14)16(22)13-26-18(23)15-10-11-17(27-15)21(24)25/h5-11H,4,12-13H2,1-3H3. The molecule has 8 heteroatoms. The van der Waals surface area contributed by atoms with Gasteiger partial charge in [-0.2, -0.15) is 0 Å². The van der Waals surface area contributed by atoms with Crippen LogP contribution in [0.25, 0.3) is 0 Å². The number of hydrogen-bond acceptors (Lipinski definition) is 6. The molecule has 1 aromatic heterocycles. The summed E-state index contributed by atoms with van der Waals surface area (Å²) in [5, 5.41) is 10.6. The van der Waals surface area contributed by atoms with Crippen molar-refractivity contribution in [3.05, 3.63) is 63.0 Å². The number of esters is 1. The van der Waals surface area contributed by atoms with Gasteiger partial charge < -0.3 is 9.64 Å². The number of amides is 1. The van der Waals surface area contributed by atoms with Crippen LogP contribution >= 0.6 is 11.3 Å². The monoisotopic (exact) mass is 390 g/mol. The number of ether oxygens (including phenoxy) is 1.